The molecule has 4 nitrogen and oxygen atoms in total. The first-order chi connectivity index (χ1) is 10.1. The second-order valence-electron chi connectivity index (χ2n) is 5.62. The molecule has 2 aromatic rings. The highest BCUT2D eigenvalue weighted by atomic mass is 79.9. The van der Waals surface area contributed by atoms with Gasteiger partial charge in [0.05, 0.1) is 4.90 Å². The third-order valence-electron chi connectivity index (χ3n) is 4.15. The minimum atomic E-state index is -3.49. The highest BCUT2D eigenvalue weighted by Gasteiger charge is 2.42. The number of aromatic nitrogens is 1. The van der Waals surface area contributed by atoms with Crippen LogP contribution in [0.3, 0.4) is 0 Å². The zero-order valence-electron chi connectivity index (χ0n) is 11.5. The molecule has 1 heterocycles. The Balaban J connectivity index is 1.87. The lowest BCUT2D eigenvalue weighted by Crippen LogP contribution is -2.30. The largest absolute Gasteiger partial charge is 0.264 e. The summed E-state index contributed by atoms with van der Waals surface area (Å²) in [5.74, 6) is 0. The monoisotopic (exact) mass is 368 g/mol. The van der Waals surface area contributed by atoms with E-state index in [0.717, 1.165) is 30.0 Å². The molecule has 1 aromatic carbocycles. The Hall–Kier alpha value is -0.980. The third-order valence-corrected chi connectivity index (χ3v) is 6.01. The Morgan fingerprint density at radius 1 is 1.29 bits per heavy atom. The van der Waals surface area contributed by atoms with Gasteiger partial charge in [-0.05, 0) is 36.8 Å². The van der Waals surface area contributed by atoms with Gasteiger partial charge in [0.25, 0.3) is 0 Å². The summed E-state index contributed by atoms with van der Waals surface area (Å²) in [5.41, 5.74) is 0.155. The number of fused-ring (bicyclic) bond motifs is 1. The summed E-state index contributed by atoms with van der Waals surface area (Å²) in [4.78, 5) is 4.37. The number of halogens is 1. The Kier molecular flexibility index (Phi) is 4.03. The molecule has 6 heteroatoms. The number of rotatable bonds is 6. The second-order valence-corrected chi connectivity index (χ2v) is 8.14. The van der Waals surface area contributed by atoms with Gasteiger partial charge in [0.15, 0.2) is 0 Å². The molecule has 0 amide bonds. The minimum absolute atomic E-state index is 0.155. The minimum Gasteiger partial charge on any atom is -0.264 e. The predicted molar refractivity (Wildman–Crippen MR) is 87.0 cm³/mol. The van der Waals surface area contributed by atoms with Crippen LogP contribution in [0.15, 0.2) is 41.6 Å². The van der Waals surface area contributed by atoms with Gasteiger partial charge < -0.3 is 0 Å². The van der Waals surface area contributed by atoms with E-state index >= 15 is 0 Å². The van der Waals surface area contributed by atoms with Crippen molar-refractivity contribution >= 4 is 36.7 Å². The first-order valence-corrected chi connectivity index (χ1v) is 9.55. The van der Waals surface area contributed by atoms with Crippen LogP contribution in [0.5, 0.6) is 0 Å². The van der Waals surface area contributed by atoms with Crippen LogP contribution in [0.1, 0.15) is 19.3 Å². The molecule has 1 saturated carbocycles. The summed E-state index contributed by atoms with van der Waals surface area (Å²) in [6.45, 7) is 0.516. The number of alkyl halides is 1. The lowest BCUT2D eigenvalue weighted by Gasteiger charge is -2.15. The molecule has 1 aromatic heterocycles. The van der Waals surface area contributed by atoms with Crippen molar-refractivity contribution in [2.24, 2.45) is 5.41 Å². The van der Waals surface area contributed by atoms with Gasteiger partial charge in [-0.1, -0.05) is 28.1 Å². The number of hydrogen-bond acceptors (Lipinski definition) is 3. The average Bonchev–Trinajstić information content (AvgIpc) is 3.25. The number of nitrogens with one attached hydrogen (secondary N) is 1. The van der Waals surface area contributed by atoms with Crippen molar-refractivity contribution in [3.8, 4) is 0 Å². The number of sulfonamides is 1. The van der Waals surface area contributed by atoms with Crippen molar-refractivity contribution in [2.45, 2.75) is 24.2 Å². The standard InChI is InChI=1S/C15H17BrN2O2S/c16-8-7-15(5-6-15)11-18-21(19,20)14-3-1-2-12-10-17-9-4-13(12)14/h1-4,9-10,18H,5-8,11H2. The molecule has 1 N–H and O–H groups in total. The fraction of sp³-hybridized carbons (Fsp3) is 0.400. The maximum atomic E-state index is 12.6. The van der Waals surface area contributed by atoms with Crippen molar-refractivity contribution in [2.75, 3.05) is 11.9 Å². The van der Waals surface area contributed by atoms with Gasteiger partial charge in [0, 0.05) is 35.0 Å². The van der Waals surface area contributed by atoms with E-state index in [4.69, 9.17) is 0 Å². The van der Waals surface area contributed by atoms with Crippen LogP contribution in [-0.2, 0) is 10.0 Å². The molecule has 0 unspecified atom stereocenters. The van der Waals surface area contributed by atoms with E-state index in [-0.39, 0.29) is 5.41 Å². The summed E-state index contributed by atoms with van der Waals surface area (Å²) >= 11 is 3.44. The number of pyridine rings is 1. The molecule has 0 atom stereocenters. The molecular formula is C15H17BrN2O2S. The number of nitrogens with zero attached hydrogens (tertiary/aromatic N) is 1. The van der Waals surface area contributed by atoms with Crippen molar-refractivity contribution in [3.05, 3.63) is 36.7 Å². The van der Waals surface area contributed by atoms with E-state index in [1.165, 1.54) is 0 Å². The lowest BCUT2D eigenvalue weighted by atomic mass is 10.1. The molecule has 0 aliphatic heterocycles. The van der Waals surface area contributed by atoms with Crippen LogP contribution in [0.25, 0.3) is 10.8 Å². The van der Waals surface area contributed by atoms with Gasteiger partial charge in [-0.15, -0.1) is 0 Å². The smallest absolute Gasteiger partial charge is 0.241 e. The van der Waals surface area contributed by atoms with E-state index in [1.54, 1.807) is 30.6 Å². The Morgan fingerprint density at radius 2 is 2.10 bits per heavy atom. The molecule has 0 radical (unpaired) electrons. The van der Waals surface area contributed by atoms with Gasteiger partial charge in [-0.25, -0.2) is 13.1 Å². The Morgan fingerprint density at radius 3 is 2.81 bits per heavy atom. The summed E-state index contributed by atoms with van der Waals surface area (Å²) < 4.78 is 27.9. The van der Waals surface area contributed by atoms with Gasteiger partial charge in [-0.3, -0.25) is 4.98 Å². The first kappa shape index (κ1) is 14.9. The predicted octanol–water partition coefficient (Wildman–Crippen LogP) is 3.08. The molecule has 0 spiro atoms. The van der Waals surface area contributed by atoms with Gasteiger partial charge in [0.1, 0.15) is 0 Å². The Bertz CT molecular complexity index is 752. The van der Waals surface area contributed by atoms with Crippen molar-refractivity contribution in [1.82, 2.24) is 9.71 Å². The van der Waals surface area contributed by atoms with Crippen LogP contribution in [0.2, 0.25) is 0 Å². The van der Waals surface area contributed by atoms with Crippen molar-refractivity contribution in [3.63, 3.8) is 0 Å². The quantitative estimate of drug-likeness (QED) is 0.797. The molecule has 1 aliphatic carbocycles. The van der Waals surface area contributed by atoms with Gasteiger partial charge in [0.2, 0.25) is 10.0 Å². The SMILES string of the molecule is O=S(=O)(NCC1(CCBr)CC1)c1cccc2cnccc12. The molecule has 0 bridgehead atoms. The summed E-state index contributed by atoms with van der Waals surface area (Å²) in [6, 6.07) is 7.02. The van der Waals surface area contributed by atoms with Crippen molar-refractivity contribution < 1.29 is 8.42 Å². The normalized spacial score (nSPS) is 17.0. The van der Waals surface area contributed by atoms with E-state index < -0.39 is 10.0 Å². The van der Waals surface area contributed by atoms with Gasteiger partial charge in [-0.2, -0.15) is 0 Å². The second kappa shape index (κ2) is 5.66. The van der Waals surface area contributed by atoms with Crippen LogP contribution < -0.4 is 4.72 Å². The van der Waals surface area contributed by atoms with Crippen LogP contribution >= 0.6 is 15.9 Å². The fourth-order valence-corrected chi connectivity index (χ4v) is 4.77. The summed E-state index contributed by atoms with van der Waals surface area (Å²) in [6.07, 6.45) is 6.51. The zero-order valence-corrected chi connectivity index (χ0v) is 14.0. The van der Waals surface area contributed by atoms with Crippen LogP contribution in [-0.4, -0.2) is 25.3 Å². The van der Waals surface area contributed by atoms with E-state index in [2.05, 4.69) is 25.6 Å². The maximum Gasteiger partial charge on any atom is 0.241 e. The topological polar surface area (TPSA) is 59.1 Å². The van der Waals surface area contributed by atoms with E-state index in [0.29, 0.717) is 16.8 Å². The van der Waals surface area contributed by atoms with E-state index in [1.807, 2.05) is 6.07 Å². The Labute approximate surface area is 133 Å². The maximum absolute atomic E-state index is 12.6. The molecule has 112 valence electrons. The number of benzene rings is 1. The molecule has 1 fully saturated rings. The van der Waals surface area contributed by atoms with Crippen molar-refractivity contribution in [1.29, 1.82) is 0 Å². The first-order valence-electron chi connectivity index (χ1n) is 6.95. The average molecular weight is 369 g/mol. The highest BCUT2D eigenvalue weighted by Crippen LogP contribution is 2.48. The molecule has 3 rings (SSSR count). The molecule has 21 heavy (non-hydrogen) atoms. The fourth-order valence-electron chi connectivity index (χ4n) is 2.55. The zero-order chi connectivity index (χ0) is 14.9. The third kappa shape index (κ3) is 3.12. The van der Waals surface area contributed by atoms with Crippen LogP contribution in [0.4, 0.5) is 0 Å². The molecule has 0 saturated heterocycles. The summed E-state index contributed by atoms with van der Waals surface area (Å²) in [7, 11) is -3.49. The molecular weight excluding hydrogens is 352 g/mol. The van der Waals surface area contributed by atoms with Crippen LogP contribution in [0, 0.1) is 5.41 Å². The number of hydrogen-bond donors (Lipinski definition) is 1. The van der Waals surface area contributed by atoms with Gasteiger partial charge >= 0.3 is 0 Å². The lowest BCUT2D eigenvalue weighted by molar-refractivity contribution is 0.480. The highest BCUT2D eigenvalue weighted by molar-refractivity contribution is 9.09. The summed E-state index contributed by atoms with van der Waals surface area (Å²) in [5, 5.41) is 2.46. The van der Waals surface area contributed by atoms with E-state index in [9.17, 15) is 8.42 Å². The molecule has 1 aliphatic rings.